The van der Waals surface area contributed by atoms with Gasteiger partial charge in [-0.3, -0.25) is 0 Å². The third-order valence-corrected chi connectivity index (χ3v) is 4.43. The Kier molecular flexibility index (Phi) is 3.23. The van der Waals surface area contributed by atoms with Crippen molar-refractivity contribution in [2.24, 2.45) is 0 Å². The van der Waals surface area contributed by atoms with E-state index in [1.165, 1.54) is 6.07 Å². The van der Waals surface area contributed by atoms with Crippen molar-refractivity contribution in [1.82, 2.24) is 0 Å². The Hall–Kier alpha value is -1.13. The van der Waals surface area contributed by atoms with Gasteiger partial charge in [0.25, 0.3) is 0 Å². The normalized spacial score (nSPS) is 31.6. The zero-order valence-corrected chi connectivity index (χ0v) is 11.1. The quantitative estimate of drug-likeness (QED) is 0.863. The Balaban J connectivity index is 2.03. The number of nitrogens with zero attached hydrogens (tertiary/aromatic N) is 1. The lowest BCUT2D eigenvalue weighted by Gasteiger charge is -2.40. The molecule has 2 bridgehead atoms. The van der Waals surface area contributed by atoms with Gasteiger partial charge in [0.15, 0.2) is 0 Å². The largest absolute Gasteiger partial charge is 0.393 e. The van der Waals surface area contributed by atoms with Crippen LogP contribution in [0, 0.1) is 5.82 Å². The summed E-state index contributed by atoms with van der Waals surface area (Å²) in [6.45, 7) is 1.67. The summed E-state index contributed by atoms with van der Waals surface area (Å²) >= 11 is 0. The molecule has 0 spiro atoms. The monoisotopic (exact) mass is 265 g/mol. The number of para-hydroxylation sites is 1. The van der Waals surface area contributed by atoms with Crippen LogP contribution in [0.1, 0.15) is 44.3 Å². The maximum absolute atomic E-state index is 14.3. The van der Waals surface area contributed by atoms with Crippen LogP contribution in [0.3, 0.4) is 0 Å². The van der Waals surface area contributed by atoms with Gasteiger partial charge in [0.2, 0.25) is 0 Å². The summed E-state index contributed by atoms with van der Waals surface area (Å²) in [5, 5.41) is 19.7. The SMILES string of the molecule is CC(O)c1cccc(F)c1N1C2CCC1CC(O)C2. The Bertz CT molecular complexity index is 463. The van der Waals surface area contributed by atoms with Gasteiger partial charge in [-0.25, -0.2) is 4.39 Å². The Morgan fingerprint density at radius 3 is 2.47 bits per heavy atom. The zero-order chi connectivity index (χ0) is 13.6. The van der Waals surface area contributed by atoms with E-state index in [9.17, 15) is 14.6 Å². The summed E-state index contributed by atoms with van der Waals surface area (Å²) < 4.78 is 14.3. The number of aliphatic hydroxyl groups excluding tert-OH is 2. The smallest absolute Gasteiger partial charge is 0.146 e. The molecule has 4 heteroatoms. The number of benzene rings is 1. The van der Waals surface area contributed by atoms with Crippen LogP contribution in [0.25, 0.3) is 0 Å². The molecule has 2 heterocycles. The average molecular weight is 265 g/mol. The molecule has 2 aliphatic rings. The van der Waals surface area contributed by atoms with Gasteiger partial charge >= 0.3 is 0 Å². The highest BCUT2D eigenvalue weighted by Gasteiger charge is 2.42. The van der Waals surface area contributed by atoms with Gasteiger partial charge in [-0.15, -0.1) is 0 Å². The van der Waals surface area contributed by atoms with E-state index in [2.05, 4.69) is 4.90 Å². The first-order valence-electron chi connectivity index (χ1n) is 7.00. The van der Waals surface area contributed by atoms with Crippen molar-refractivity contribution in [3.05, 3.63) is 29.6 Å². The number of aliphatic hydroxyl groups is 2. The summed E-state index contributed by atoms with van der Waals surface area (Å²) in [6.07, 6.45) is 2.44. The highest BCUT2D eigenvalue weighted by molar-refractivity contribution is 5.58. The summed E-state index contributed by atoms with van der Waals surface area (Å²) in [6, 6.07) is 5.27. The molecule has 3 rings (SSSR count). The van der Waals surface area contributed by atoms with Gasteiger partial charge in [0.05, 0.1) is 17.9 Å². The highest BCUT2D eigenvalue weighted by atomic mass is 19.1. The number of hydrogen-bond acceptors (Lipinski definition) is 3. The minimum absolute atomic E-state index is 0.197. The Labute approximate surface area is 112 Å². The van der Waals surface area contributed by atoms with E-state index in [1.54, 1.807) is 19.1 Å². The third-order valence-electron chi connectivity index (χ3n) is 4.43. The topological polar surface area (TPSA) is 43.7 Å². The van der Waals surface area contributed by atoms with Gasteiger partial charge in [0.1, 0.15) is 5.82 Å². The zero-order valence-electron chi connectivity index (χ0n) is 11.1. The molecule has 1 aromatic carbocycles. The van der Waals surface area contributed by atoms with Crippen molar-refractivity contribution < 1.29 is 14.6 Å². The maximum atomic E-state index is 14.3. The number of anilines is 1. The molecule has 19 heavy (non-hydrogen) atoms. The minimum atomic E-state index is -0.683. The van der Waals surface area contributed by atoms with E-state index in [1.807, 2.05) is 0 Å². The van der Waals surface area contributed by atoms with E-state index >= 15 is 0 Å². The second-order valence-corrected chi connectivity index (χ2v) is 5.77. The van der Waals surface area contributed by atoms with Crippen LogP contribution in [0.4, 0.5) is 10.1 Å². The summed E-state index contributed by atoms with van der Waals surface area (Å²) in [5.41, 5.74) is 1.19. The number of fused-ring (bicyclic) bond motifs is 2. The van der Waals surface area contributed by atoms with Crippen LogP contribution in [0.5, 0.6) is 0 Å². The predicted molar refractivity (Wildman–Crippen MR) is 71.6 cm³/mol. The maximum Gasteiger partial charge on any atom is 0.146 e. The Morgan fingerprint density at radius 1 is 1.26 bits per heavy atom. The van der Waals surface area contributed by atoms with Crippen molar-refractivity contribution in [2.45, 2.75) is 56.9 Å². The molecule has 2 saturated heterocycles. The van der Waals surface area contributed by atoms with E-state index in [0.717, 1.165) is 12.8 Å². The standard InChI is InChI=1S/C15H20FNO2/c1-9(18)13-3-2-4-14(16)15(13)17-10-5-6-11(17)8-12(19)7-10/h2-4,9-12,18-19H,5-8H2,1H3. The average Bonchev–Trinajstić information content (AvgIpc) is 2.61. The molecular formula is C15H20FNO2. The number of hydrogen-bond donors (Lipinski definition) is 2. The molecule has 2 N–H and O–H groups in total. The van der Waals surface area contributed by atoms with E-state index in [4.69, 9.17) is 0 Å². The molecule has 3 atom stereocenters. The summed E-state index contributed by atoms with van der Waals surface area (Å²) in [7, 11) is 0. The Morgan fingerprint density at radius 2 is 1.89 bits per heavy atom. The summed E-state index contributed by atoms with van der Waals surface area (Å²) in [4.78, 5) is 2.10. The molecule has 0 amide bonds. The number of rotatable bonds is 2. The molecular weight excluding hydrogens is 245 g/mol. The molecule has 2 fully saturated rings. The number of halogens is 1. The molecule has 104 valence electrons. The van der Waals surface area contributed by atoms with Crippen LogP contribution in [0.15, 0.2) is 18.2 Å². The fraction of sp³-hybridized carbons (Fsp3) is 0.600. The first-order valence-corrected chi connectivity index (χ1v) is 7.00. The van der Waals surface area contributed by atoms with Gasteiger partial charge in [-0.2, -0.15) is 0 Å². The van der Waals surface area contributed by atoms with Crippen LogP contribution in [0.2, 0.25) is 0 Å². The molecule has 0 aliphatic carbocycles. The lowest BCUT2D eigenvalue weighted by Crippen LogP contribution is -2.45. The second kappa shape index (κ2) is 4.76. The third kappa shape index (κ3) is 2.13. The summed E-state index contributed by atoms with van der Waals surface area (Å²) in [5.74, 6) is -0.272. The second-order valence-electron chi connectivity index (χ2n) is 5.77. The predicted octanol–water partition coefficient (Wildman–Crippen LogP) is 2.37. The molecule has 3 unspecified atom stereocenters. The van der Waals surface area contributed by atoms with E-state index in [-0.39, 0.29) is 24.0 Å². The molecule has 3 nitrogen and oxygen atoms in total. The van der Waals surface area contributed by atoms with Crippen LogP contribution in [-0.4, -0.2) is 28.4 Å². The van der Waals surface area contributed by atoms with Crippen molar-refractivity contribution in [3.8, 4) is 0 Å². The molecule has 1 aromatic rings. The first-order chi connectivity index (χ1) is 9.08. The van der Waals surface area contributed by atoms with E-state index in [0.29, 0.717) is 24.1 Å². The van der Waals surface area contributed by atoms with Crippen LogP contribution >= 0.6 is 0 Å². The lowest BCUT2D eigenvalue weighted by molar-refractivity contribution is 0.125. The van der Waals surface area contributed by atoms with Crippen molar-refractivity contribution in [1.29, 1.82) is 0 Å². The van der Waals surface area contributed by atoms with Gasteiger partial charge in [0, 0.05) is 17.6 Å². The van der Waals surface area contributed by atoms with Crippen molar-refractivity contribution in [2.75, 3.05) is 4.90 Å². The van der Waals surface area contributed by atoms with Gasteiger partial charge in [-0.1, -0.05) is 12.1 Å². The molecule has 2 aliphatic heterocycles. The first kappa shape index (κ1) is 12.9. The fourth-order valence-corrected chi connectivity index (χ4v) is 3.65. The van der Waals surface area contributed by atoms with Crippen LogP contribution in [-0.2, 0) is 0 Å². The molecule has 0 saturated carbocycles. The van der Waals surface area contributed by atoms with Crippen molar-refractivity contribution >= 4 is 5.69 Å². The fourth-order valence-electron chi connectivity index (χ4n) is 3.65. The van der Waals surface area contributed by atoms with Gasteiger partial charge in [-0.05, 0) is 38.7 Å². The minimum Gasteiger partial charge on any atom is -0.393 e. The number of piperidine rings is 1. The van der Waals surface area contributed by atoms with Gasteiger partial charge < -0.3 is 15.1 Å². The van der Waals surface area contributed by atoms with E-state index < -0.39 is 6.10 Å². The molecule has 0 aromatic heterocycles. The highest BCUT2D eigenvalue weighted by Crippen LogP contribution is 2.42. The lowest BCUT2D eigenvalue weighted by atomic mass is 9.96. The van der Waals surface area contributed by atoms with Crippen molar-refractivity contribution in [3.63, 3.8) is 0 Å². The van der Waals surface area contributed by atoms with Crippen LogP contribution < -0.4 is 4.90 Å². The molecule has 0 radical (unpaired) electrons.